The summed E-state index contributed by atoms with van der Waals surface area (Å²) in [6.07, 6.45) is -23.9. The molecule has 44 heteroatoms. The summed E-state index contributed by atoms with van der Waals surface area (Å²) in [7, 11) is 0. The number of hydrogen-bond acceptors (Lipinski definition) is 19. The van der Waals surface area contributed by atoms with Gasteiger partial charge in [-0.05, 0) is 146 Å². The van der Waals surface area contributed by atoms with Crippen LogP contribution in [0.25, 0.3) is 44.9 Å². The fourth-order valence-electron chi connectivity index (χ4n) is 11.5. The van der Waals surface area contributed by atoms with E-state index < -0.39 is 142 Å². The second-order valence-corrected chi connectivity index (χ2v) is 27.3. The normalized spacial score (nSPS) is 15.5. The van der Waals surface area contributed by atoms with E-state index in [4.69, 9.17) is 39.5 Å². The van der Waals surface area contributed by atoms with E-state index in [1.807, 2.05) is 0 Å². The maximum atomic E-state index is 13.7. The van der Waals surface area contributed by atoms with Gasteiger partial charge in [0.1, 0.15) is 40.2 Å². The van der Waals surface area contributed by atoms with Crippen molar-refractivity contribution in [3.05, 3.63) is 266 Å². The third-order valence-electron chi connectivity index (χ3n) is 17.4. The molecule has 0 fully saturated rings. The number of halogens is 21. The van der Waals surface area contributed by atoms with E-state index in [-0.39, 0.29) is 83.6 Å². The van der Waals surface area contributed by atoms with E-state index >= 15 is 0 Å². The van der Waals surface area contributed by atoms with Gasteiger partial charge in [0.2, 0.25) is 0 Å². The molecule has 8 aromatic carbocycles. The van der Waals surface area contributed by atoms with E-state index in [1.54, 1.807) is 62.4 Å². The first-order valence-corrected chi connectivity index (χ1v) is 35.9. The number of benzene rings is 8. The van der Waals surface area contributed by atoms with Crippen LogP contribution in [0.5, 0.6) is 46.0 Å². The molecule has 8 heterocycles. The second kappa shape index (κ2) is 34.2. The molecule has 23 nitrogen and oxygen atoms in total. The summed E-state index contributed by atoms with van der Waals surface area (Å²) >= 11 is 18.1. The molecule has 0 aliphatic carbocycles. The lowest BCUT2D eigenvalue weighted by molar-refractivity contribution is -0.391. The average molecular weight is 1800 g/mol. The summed E-state index contributed by atoms with van der Waals surface area (Å²) in [6, 6.07) is 31.2. The number of hydrogen-bond donors (Lipinski definition) is 4. The van der Waals surface area contributed by atoms with Crippen LogP contribution in [0.1, 0.15) is 58.1 Å². The number of carbonyl (C=O) groups excluding carboxylic acids is 4. The third-order valence-corrected chi connectivity index (χ3v) is 18.4. The van der Waals surface area contributed by atoms with Gasteiger partial charge in [0, 0.05) is 34.5 Å². The van der Waals surface area contributed by atoms with Crippen LogP contribution in [0.2, 0.25) is 15.1 Å². The van der Waals surface area contributed by atoms with Gasteiger partial charge < -0.3 is 59.2 Å². The molecule has 4 aliphatic heterocycles. The number of fused-ring (bicyclic) bond motifs is 4. The summed E-state index contributed by atoms with van der Waals surface area (Å²) in [5.74, 6) is -10.6. The van der Waals surface area contributed by atoms with Crippen LogP contribution in [0, 0.1) is 44.0 Å². The Morgan fingerprint density at radius 1 is 0.315 bits per heavy atom. The number of nitrogens with zero attached hydrogens (tertiary/aromatic N) is 7. The average Bonchev–Trinajstić information content (AvgIpc) is 0.765. The molecule has 0 spiro atoms. The highest BCUT2D eigenvalue weighted by Crippen LogP contribution is 2.53. The van der Waals surface area contributed by atoms with Crippen LogP contribution < -0.4 is 59.2 Å². The van der Waals surface area contributed by atoms with Gasteiger partial charge in [-0.3, -0.25) is 34.1 Å². The first kappa shape index (κ1) is 87.8. The van der Waals surface area contributed by atoms with Crippen molar-refractivity contribution in [1.29, 1.82) is 0 Å². The maximum absolute atomic E-state index is 13.7. The Bertz CT molecular complexity index is 5960. The number of ether oxygens (including phenoxy) is 8. The Labute approximate surface area is 698 Å². The Hall–Kier alpha value is -14.0. The summed E-state index contributed by atoms with van der Waals surface area (Å²) in [5, 5.41) is 10.2. The van der Waals surface area contributed by atoms with Gasteiger partial charge in [0.05, 0.1) is 80.5 Å². The third kappa shape index (κ3) is 18.9. The predicted octanol–water partition coefficient (Wildman–Crippen LogP) is 20.9. The summed E-state index contributed by atoms with van der Waals surface area (Å²) < 4.78 is 277. The van der Waals surface area contributed by atoms with Crippen molar-refractivity contribution in [2.45, 2.75) is 63.5 Å². The minimum atomic E-state index is -4.88. The molecule has 4 N–H and O–H groups in total. The van der Waals surface area contributed by atoms with Gasteiger partial charge in [-0.25, -0.2) is 37.5 Å². The standard InChI is InChI=1S/C21H13ClF4N2O3.C20H12ClF4N3O3.C20H11F6N3O3.C19H10ClF4N3O3/c1-11-8-16-17(31-21(25,26)20(23,24)30-16)9-14(11)12-6-7-18(27-10-12)28-19(29)13-4-2-3-5-15(13)22;1-10-6-15-16(31-20(24,25)19(22,23)30-15)7-12(10)14-8-27-17(9-26-14)28-18(29)11-4-2-3-5-13(11)21;1-9-5-14-15(32-20(25,26)19(23,24)31-14)6-10(9)13-7-28-16(8-27-13)29-18(30)17-11(21)3-2-4-12(17)22;20-10-5-15-14(29-8-19(23,24)30-15)4-9(10)13-6-26-16(7-25-13)27-18(28)17-11(21)2-1-3-12(17)22/h2-10H,1H3,(H,27,28,29);2-9H,1H3,(H,27,28,29);2-8H,1H3,(H,28,29,30);1-7H,8H2,(H,26,27,28). The molecule has 16 rings (SSSR count). The van der Waals surface area contributed by atoms with Gasteiger partial charge in [0.25, 0.3) is 23.6 Å². The lowest BCUT2D eigenvalue weighted by Gasteiger charge is -2.32. The molecule has 4 aromatic heterocycles. The highest BCUT2D eigenvalue weighted by Gasteiger charge is 2.68. The Morgan fingerprint density at radius 3 is 0.984 bits per heavy atom. The van der Waals surface area contributed by atoms with Gasteiger partial charge in [-0.1, -0.05) is 71.2 Å². The zero-order valence-corrected chi connectivity index (χ0v) is 64.3. The summed E-state index contributed by atoms with van der Waals surface area (Å²) in [6.45, 7) is 3.68. The SMILES string of the molecule is Cc1cc2c(cc1-c1ccc(NC(=O)c3ccccc3Cl)nc1)OC(F)(F)C(F)(F)O2.Cc1cc2c(cc1-c1cnc(NC(=O)c3c(F)cccc3F)cn1)OC(F)(F)C(F)(F)O2.Cc1cc2c(cc1-c1cnc(NC(=O)c3ccccc3Cl)cn1)OC(F)(F)C(F)(F)O2.O=C(Nc1cnc(-c2cc3c(cc2Cl)OC(F)(F)CO3)cn1)c1c(F)cccc1F. The Morgan fingerprint density at radius 2 is 0.629 bits per heavy atom. The highest BCUT2D eigenvalue weighted by molar-refractivity contribution is 6.35. The van der Waals surface area contributed by atoms with Gasteiger partial charge in [0.15, 0.2) is 70.1 Å². The molecule has 4 amide bonds. The number of aryl methyl sites for hydroxylation is 3. The van der Waals surface area contributed by atoms with Crippen molar-refractivity contribution in [1.82, 2.24) is 34.9 Å². The first-order chi connectivity index (χ1) is 58.4. The van der Waals surface area contributed by atoms with E-state index in [1.165, 1.54) is 62.0 Å². The Balaban J connectivity index is 0.000000142. The minimum absolute atomic E-state index is 0.0505. The molecule has 4 aliphatic rings. The molecule has 0 saturated heterocycles. The second-order valence-electron chi connectivity index (χ2n) is 26.1. The molecule has 124 heavy (non-hydrogen) atoms. The van der Waals surface area contributed by atoms with Crippen LogP contribution in [-0.4, -0.2) is 108 Å². The van der Waals surface area contributed by atoms with E-state index in [0.29, 0.717) is 38.9 Å². The quantitative estimate of drug-likeness (QED) is 0.0827. The molecular formula is C80H46Cl3F18N11O12. The van der Waals surface area contributed by atoms with Crippen LogP contribution in [0.4, 0.5) is 102 Å². The number of alkyl halides is 14. The number of amides is 4. The van der Waals surface area contributed by atoms with E-state index in [0.717, 1.165) is 85.3 Å². The van der Waals surface area contributed by atoms with Gasteiger partial charge in [-0.15, -0.1) is 0 Å². The molecule has 640 valence electrons. The van der Waals surface area contributed by atoms with Crippen LogP contribution in [0.15, 0.2) is 189 Å². The van der Waals surface area contributed by atoms with Crippen molar-refractivity contribution < 1.29 is 136 Å². The topological polar surface area (TPSA) is 280 Å². The fraction of sp³-hybridized carbons (Fsp3) is 0.138. The Kier molecular flexibility index (Phi) is 24.2. The largest absolute Gasteiger partial charge is 0.507 e. The number of pyridine rings is 1. The monoisotopic (exact) mass is 1800 g/mol. The lowest BCUT2D eigenvalue weighted by atomic mass is 10.0. The molecular weight excluding hydrogens is 1760 g/mol. The zero-order chi connectivity index (χ0) is 89.5. The number of nitrogens with one attached hydrogen (secondary N) is 4. The number of carbonyl (C=O) groups is 4. The smallest absolute Gasteiger partial charge is 0.479 e. The van der Waals surface area contributed by atoms with E-state index in [2.05, 4.69) is 89.3 Å². The first-order valence-electron chi connectivity index (χ1n) is 34.8. The van der Waals surface area contributed by atoms with Crippen LogP contribution >= 0.6 is 34.8 Å². The van der Waals surface area contributed by atoms with Crippen molar-refractivity contribution in [2.75, 3.05) is 27.9 Å². The highest BCUT2D eigenvalue weighted by atomic mass is 35.5. The number of anilines is 4. The van der Waals surface area contributed by atoms with Crippen molar-refractivity contribution >= 4 is 81.7 Å². The maximum Gasteiger partial charge on any atom is 0.507 e. The lowest BCUT2D eigenvalue weighted by Crippen LogP contribution is -2.52. The van der Waals surface area contributed by atoms with Gasteiger partial charge >= 0.3 is 42.8 Å². The van der Waals surface area contributed by atoms with Crippen LogP contribution in [-0.2, 0) is 0 Å². The predicted molar refractivity (Wildman–Crippen MR) is 403 cm³/mol. The van der Waals surface area contributed by atoms with Crippen molar-refractivity contribution in [2.24, 2.45) is 0 Å². The van der Waals surface area contributed by atoms with Crippen LogP contribution in [0.3, 0.4) is 0 Å². The minimum Gasteiger partial charge on any atom is -0.479 e. The molecule has 0 bridgehead atoms. The number of rotatable bonds is 12. The molecule has 0 atom stereocenters. The molecule has 0 saturated carbocycles. The zero-order valence-electron chi connectivity index (χ0n) is 62.1. The fourth-order valence-corrected chi connectivity index (χ4v) is 12.1. The van der Waals surface area contributed by atoms with Crippen molar-refractivity contribution in [3.8, 4) is 90.9 Å². The van der Waals surface area contributed by atoms with Crippen molar-refractivity contribution in [3.63, 3.8) is 0 Å². The molecule has 0 radical (unpaired) electrons. The number of aromatic nitrogens is 7. The summed E-state index contributed by atoms with van der Waals surface area (Å²) in [4.78, 5) is 77.2. The molecule has 12 aromatic rings. The van der Waals surface area contributed by atoms with E-state index in [9.17, 15) is 98.2 Å². The summed E-state index contributed by atoms with van der Waals surface area (Å²) in [5.41, 5.74) is 2.48. The van der Waals surface area contributed by atoms with Gasteiger partial charge in [-0.2, -0.15) is 61.5 Å². The molecule has 0 unspecified atom stereocenters.